The number of rotatable bonds is 4. The van der Waals surface area contributed by atoms with Gasteiger partial charge in [0.2, 0.25) is 0 Å². The van der Waals surface area contributed by atoms with Gasteiger partial charge in [-0.15, -0.1) is 23.1 Å². The fraction of sp³-hybridized carbons (Fsp3) is 0.0909. The fourth-order valence-corrected chi connectivity index (χ4v) is 2.84. The Morgan fingerprint density at radius 3 is 2.71 bits per heavy atom. The molecule has 0 radical (unpaired) electrons. The molecule has 1 aromatic heterocycles. The van der Waals surface area contributed by atoms with E-state index in [4.69, 9.17) is 5.11 Å². The largest absolute Gasteiger partial charge is 0.476 e. The van der Waals surface area contributed by atoms with Crippen LogP contribution in [0.2, 0.25) is 0 Å². The van der Waals surface area contributed by atoms with Gasteiger partial charge in [0.15, 0.2) is 5.69 Å². The molecule has 0 aliphatic carbocycles. The number of carbonyl (C=O) groups is 1. The molecule has 0 spiro atoms. The molecule has 0 atom stereocenters. The third-order valence-electron chi connectivity index (χ3n) is 1.95. The van der Waals surface area contributed by atoms with Crippen molar-refractivity contribution in [2.24, 2.45) is 0 Å². The van der Waals surface area contributed by atoms with Crippen LogP contribution in [0.15, 0.2) is 34.5 Å². The van der Waals surface area contributed by atoms with E-state index in [0.717, 1.165) is 9.90 Å². The Balaban J connectivity index is 1.97. The number of carboxylic acids is 1. The zero-order valence-corrected chi connectivity index (χ0v) is 10.2. The zero-order chi connectivity index (χ0) is 12.3. The number of thioether (sulfide) groups is 1. The minimum absolute atomic E-state index is 0.0738. The summed E-state index contributed by atoms with van der Waals surface area (Å²) in [7, 11) is 0. The Labute approximate surface area is 105 Å². The number of thiazole rings is 1. The Hall–Kier alpha value is -1.40. The van der Waals surface area contributed by atoms with Crippen molar-refractivity contribution in [3.63, 3.8) is 0 Å². The van der Waals surface area contributed by atoms with Crippen LogP contribution in [-0.4, -0.2) is 16.1 Å². The summed E-state index contributed by atoms with van der Waals surface area (Å²) in [5, 5.41) is 11.0. The maximum atomic E-state index is 12.7. The maximum absolute atomic E-state index is 12.7. The molecule has 2 rings (SSSR count). The number of nitrogens with zero attached hydrogens (tertiary/aromatic N) is 1. The van der Waals surface area contributed by atoms with Crippen molar-refractivity contribution in [3.8, 4) is 0 Å². The highest BCUT2D eigenvalue weighted by Gasteiger charge is 2.08. The number of halogens is 1. The van der Waals surface area contributed by atoms with Crippen LogP contribution < -0.4 is 0 Å². The van der Waals surface area contributed by atoms with Crippen molar-refractivity contribution in [2.75, 3.05) is 0 Å². The lowest BCUT2D eigenvalue weighted by atomic mass is 10.4. The van der Waals surface area contributed by atoms with Crippen molar-refractivity contribution in [2.45, 2.75) is 10.6 Å². The third-order valence-corrected chi connectivity index (χ3v) is 4.00. The SMILES string of the molecule is O=C(O)c1csc(CSc2ccc(F)cc2)n1. The average Bonchev–Trinajstić information content (AvgIpc) is 2.77. The summed E-state index contributed by atoms with van der Waals surface area (Å²) in [6.07, 6.45) is 0. The van der Waals surface area contributed by atoms with Gasteiger partial charge in [0.1, 0.15) is 10.8 Å². The molecule has 3 nitrogen and oxygen atoms in total. The molecule has 17 heavy (non-hydrogen) atoms. The first-order valence-electron chi connectivity index (χ1n) is 4.71. The maximum Gasteiger partial charge on any atom is 0.355 e. The molecule has 0 fully saturated rings. The molecule has 1 N–H and O–H groups in total. The number of hydrogen-bond acceptors (Lipinski definition) is 4. The first-order chi connectivity index (χ1) is 8.15. The van der Waals surface area contributed by atoms with E-state index in [9.17, 15) is 9.18 Å². The van der Waals surface area contributed by atoms with Crippen molar-refractivity contribution in [1.29, 1.82) is 0 Å². The predicted molar refractivity (Wildman–Crippen MR) is 65.0 cm³/mol. The Kier molecular flexibility index (Phi) is 3.75. The summed E-state index contributed by atoms with van der Waals surface area (Å²) in [5.41, 5.74) is 0.0738. The second-order valence-electron chi connectivity index (χ2n) is 3.17. The minimum Gasteiger partial charge on any atom is -0.476 e. The van der Waals surface area contributed by atoms with Gasteiger partial charge in [-0.25, -0.2) is 14.2 Å². The smallest absolute Gasteiger partial charge is 0.355 e. The van der Waals surface area contributed by atoms with E-state index in [2.05, 4.69) is 4.98 Å². The third kappa shape index (κ3) is 3.28. The van der Waals surface area contributed by atoms with Crippen LogP contribution in [0, 0.1) is 5.82 Å². The van der Waals surface area contributed by atoms with Crippen LogP contribution in [-0.2, 0) is 5.75 Å². The van der Waals surface area contributed by atoms with Crippen LogP contribution in [0.1, 0.15) is 15.5 Å². The van der Waals surface area contributed by atoms with Gasteiger partial charge in [-0.3, -0.25) is 0 Å². The molecule has 88 valence electrons. The highest BCUT2D eigenvalue weighted by molar-refractivity contribution is 7.98. The minimum atomic E-state index is -1.01. The van der Waals surface area contributed by atoms with E-state index < -0.39 is 5.97 Å². The molecule has 0 aliphatic heterocycles. The molecule has 0 aliphatic rings. The van der Waals surface area contributed by atoms with E-state index in [1.165, 1.54) is 40.6 Å². The lowest BCUT2D eigenvalue weighted by molar-refractivity contribution is 0.0691. The Morgan fingerprint density at radius 2 is 2.12 bits per heavy atom. The molecule has 0 saturated carbocycles. The van der Waals surface area contributed by atoms with E-state index in [1.807, 2.05) is 0 Å². The number of benzene rings is 1. The highest BCUT2D eigenvalue weighted by Crippen LogP contribution is 2.24. The molecular formula is C11H8FNO2S2. The lowest BCUT2D eigenvalue weighted by Gasteiger charge is -1.98. The van der Waals surface area contributed by atoms with Crippen molar-refractivity contribution < 1.29 is 14.3 Å². The number of aromatic nitrogens is 1. The second-order valence-corrected chi connectivity index (χ2v) is 5.17. The van der Waals surface area contributed by atoms with Crippen LogP contribution >= 0.6 is 23.1 Å². The van der Waals surface area contributed by atoms with Crippen molar-refractivity contribution in [1.82, 2.24) is 4.98 Å². The van der Waals surface area contributed by atoms with Gasteiger partial charge in [-0.2, -0.15) is 0 Å². The molecular weight excluding hydrogens is 261 g/mol. The van der Waals surface area contributed by atoms with Crippen LogP contribution in [0.5, 0.6) is 0 Å². The van der Waals surface area contributed by atoms with Gasteiger partial charge in [-0.1, -0.05) is 0 Å². The van der Waals surface area contributed by atoms with Crippen molar-refractivity contribution in [3.05, 3.63) is 46.2 Å². The summed E-state index contributed by atoms with van der Waals surface area (Å²) in [4.78, 5) is 15.5. The molecule has 6 heteroatoms. The molecule has 0 bridgehead atoms. The molecule has 0 saturated heterocycles. The first kappa shape index (κ1) is 12.1. The van der Waals surface area contributed by atoms with E-state index in [1.54, 1.807) is 12.1 Å². The summed E-state index contributed by atoms with van der Waals surface area (Å²) in [6.45, 7) is 0. The number of carboxylic acid groups (broad SMARTS) is 1. The molecule has 0 amide bonds. The van der Waals surface area contributed by atoms with Gasteiger partial charge < -0.3 is 5.11 Å². The monoisotopic (exact) mass is 269 g/mol. The van der Waals surface area contributed by atoms with Gasteiger partial charge in [0.05, 0.1) is 5.75 Å². The Bertz CT molecular complexity index is 525. The molecule has 1 aromatic carbocycles. The first-order valence-corrected chi connectivity index (χ1v) is 6.58. The summed E-state index contributed by atoms with van der Waals surface area (Å²) < 4.78 is 12.7. The standard InChI is InChI=1S/C11H8FNO2S2/c12-7-1-3-8(4-2-7)16-6-10-13-9(5-17-10)11(14)15/h1-5H,6H2,(H,14,15). The highest BCUT2D eigenvalue weighted by atomic mass is 32.2. The van der Waals surface area contributed by atoms with E-state index in [0.29, 0.717) is 5.75 Å². The topological polar surface area (TPSA) is 50.2 Å². The lowest BCUT2D eigenvalue weighted by Crippen LogP contribution is -1.96. The summed E-state index contributed by atoms with van der Waals surface area (Å²) in [5.74, 6) is -0.695. The van der Waals surface area contributed by atoms with Crippen LogP contribution in [0.4, 0.5) is 4.39 Å². The fourth-order valence-electron chi connectivity index (χ4n) is 1.15. The second kappa shape index (κ2) is 5.29. The van der Waals surface area contributed by atoms with Crippen molar-refractivity contribution >= 4 is 29.1 Å². The van der Waals surface area contributed by atoms with Gasteiger partial charge in [-0.05, 0) is 24.3 Å². The number of aromatic carboxylic acids is 1. The average molecular weight is 269 g/mol. The molecule has 2 aromatic rings. The van der Waals surface area contributed by atoms with Crippen LogP contribution in [0.25, 0.3) is 0 Å². The van der Waals surface area contributed by atoms with E-state index >= 15 is 0 Å². The summed E-state index contributed by atoms with van der Waals surface area (Å²) in [6, 6.07) is 6.16. The zero-order valence-electron chi connectivity index (χ0n) is 8.59. The number of hydrogen-bond donors (Lipinski definition) is 1. The Morgan fingerprint density at radius 1 is 1.41 bits per heavy atom. The predicted octanol–water partition coefficient (Wildman–Crippen LogP) is 3.27. The van der Waals surface area contributed by atoms with Crippen LogP contribution in [0.3, 0.4) is 0 Å². The molecule has 0 unspecified atom stereocenters. The van der Waals surface area contributed by atoms with E-state index in [-0.39, 0.29) is 11.5 Å². The van der Waals surface area contributed by atoms with Gasteiger partial charge in [0.25, 0.3) is 0 Å². The van der Waals surface area contributed by atoms with Gasteiger partial charge in [0, 0.05) is 10.3 Å². The molecule has 1 heterocycles. The van der Waals surface area contributed by atoms with Gasteiger partial charge >= 0.3 is 5.97 Å². The summed E-state index contributed by atoms with van der Waals surface area (Å²) >= 11 is 2.81. The normalized spacial score (nSPS) is 10.4. The quantitative estimate of drug-likeness (QED) is 0.865.